The van der Waals surface area contributed by atoms with Gasteiger partial charge in [-0.1, -0.05) is 29.8 Å². The highest BCUT2D eigenvalue weighted by Crippen LogP contribution is 2.28. The van der Waals surface area contributed by atoms with Gasteiger partial charge in [0.25, 0.3) is 0 Å². The smallest absolute Gasteiger partial charge is 0.229 e. The number of rotatable bonds is 0. The van der Waals surface area contributed by atoms with Crippen molar-refractivity contribution < 1.29 is 4.79 Å². The number of fused-ring (bicyclic) bond motifs is 6. The Labute approximate surface area is 155 Å². The molecular weight excluding hydrogens is 350 g/mol. The van der Waals surface area contributed by atoms with Gasteiger partial charge in [0, 0.05) is 24.0 Å². The normalized spacial score (nSPS) is 12.8. The third kappa shape index (κ3) is 3.32. The predicted molar refractivity (Wildman–Crippen MR) is 103 cm³/mol. The van der Waals surface area contributed by atoms with Crippen molar-refractivity contribution >= 4 is 46.3 Å². The molecule has 6 bridgehead atoms. The molecule has 1 aliphatic rings. The number of hydrogen-bond acceptors (Lipinski definition) is 5. The summed E-state index contributed by atoms with van der Waals surface area (Å²) in [5.41, 5.74) is 3.42. The Kier molecular flexibility index (Phi) is 4.18. The molecule has 1 aliphatic heterocycles. The molecule has 3 aromatic rings. The molecule has 0 spiro atoms. The minimum absolute atomic E-state index is 0.0322. The molecule has 0 fully saturated rings. The van der Waals surface area contributed by atoms with E-state index in [9.17, 15) is 4.79 Å². The first kappa shape index (κ1) is 16.4. The minimum atomic E-state index is -0.0322. The fraction of sp³-hybridized carbons (Fsp3) is 0.105. The van der Waals surface area contributed by atoms with Gasteiger partial charge >= 0.3 is 0 Å². The van der Waals surface area contributed by atoms with E-state index in [1.807, 2.05) is 48.5 Å². The molecule has 7 heteroatoms. The van der Waals surface area contributed by atoms with Crippen LogP contribution < -0.4 is 15.5 Å². The number of aromatic nitrogens is 2. The minimum Gasteiger partial charge on any atom is -0.339 e. The number of nitrogens with one attached hydrogen (secondary N) is 2. The zero-order chi connectivity index (χ0) is 18.1. The van der Waals surface area contributed by atoms with Gasteiger partial charge in [0.1, 0.15) is 5.02 Å². The predicted octanol–water partition coefficient (Wildman–Crippen LogP) is 4.48. The number of halogens is 1. The Bertz CT molecular complexity index is 991. The third-order valence-electron chi connectivity index (χ3n) is 4.07. The van der Waals surface area contributed by atoms with Gasteiger partial charge in [-0.3, -0.25) is 4.79 Å². The lowest BCUT2D eigenvalue weighted by Crippen LogP contribution is -2.27. The molecule has 2 aromatic carbocycles. The van der Waals surface area contributed by atoms with E-state index in [2.05, 4.69) is 20.6 Å². The van der Waals surface area contributed by atoms with E-state index >= 15 is 0 Å². The molecule has 0 atom stereocenters. The summed E-state index contributed by atoms with van der Waals surface area (Å²) in [4.78, 5) is 22.6. The van der Waals surface area contributed by atoms with Crippen LogP contribution in [0.3, 0.4) is 0 Å². The van der Waals surface area contributed by atoms with E-state index in [1.165, 1.54) is 0 Å². The number of benzene rings is 2. The van der Waals surface area contributed by atoms with Crippen LogP contribution in [0.1, 0.15) is 12.5 Å². The van der Waals surface area contributed by atoms with Gasteiger partial charge < -0.3 is 15.5 Å². The molecule has 26 heavy (non-hydrogen) atoms. The monoisotopic (exact) mass is 365 g/mol. The largest absolute Gasteiger partial charge is 0.339 e. The van der Waals surface area contributed by atoms with Crippen molar-refractivity contribution in [3.8, 4) is 0 Å². The Morgan fingerprint density at radius 1 is 1.12 bits per heavy atom. The molecule has 1 amide bonds. The number of carbonyl (C=O) groups excluding carboxylic acids is 1. The SMILES string of the molecule is CC(=O)N1Cc2cccc(c2)Nc2nc(ncc2Cl)Nc2cccc1c2. The topological polar surface area (TPSA) is 70.2 Å². The molecule has 0 saturated carbocycles. The van der Waals surface area contributed by atoms with Crippen LogP contribution in [0, 0.1) is 0 Å². The first-order valence-electron chi connectivity index (χ1n) is 8.12. The van der Waals surface area contributed by atoms with Crippen LogP contribution in [-0.4, -0.2) is 15.9 Å². The molecule has 0 unspecified atom stereocenters. The maximum atomic E-state index is 12.2. The van der Waals surface area contributed by atoms with Gasteiger partial charge in [-0.15, -0.1) is 0 Å². The van der Waals surface area contributed by atoms with Crippen molar-refractivity contribution in [3.05, 3.63) is 65.3 Å². The van der Waals surface area contributed by atoms with Gasteiger partial charge in [-0.25, -0.2) is 4.98 Å². The van der Waals surface area contributed by atoms with Gasteiger partial charge in [-0.05, 0) is 35.9 Å². The quantitative estimate of drug-likeness (QED) is 0.614. The summed E-state index contributed by atoms with van der Waals surface area (Å²) in [5, 5.41) is 6.80. The summed E-state index contributed by atoms with van der Waals surface area (Å²) >= 11 is 6.23. The van der Waals surface area contributed by atoms with Crippen molar-refractivity contribution in [1.82, 2.24) is 9.97 Å². The van der Waals surface area contributed by atoms with E-state index in [0.717, 1.165) is 22.6 Å². The van der Waals surface area contributed by atoms with Crippen LogP contribution in [-0.2, 0) is 11.3 Å². The Morgan fingerprint density at radius 2 is 1.88 bits per heavy atom. The summed E-state index contributed by atoms with van der Waals surface area (Å²) in [5.74, 6) is 0.897. The maximum Gasteiger partial charge on any atom is 0.229 e. The first-order valence-corrected chi connectivity index (χ1v) is 8.50. The second-order valence-corrected chi connectivity index (χ2v) is 6.40. The van der Waals surface area contributed by atoms with Gasteiger partial charge in [-0.2, -0.15) is 4.98 Å². The average molecular weight is 366 g/mol. The molecule has 0 radical (unpaired) electrons. The molecule has 0 saturated heterocycles. The van der Waals surface area contributed by atoms with Crippen molar-refractivity contribution in [2.45, 2.75) is 13.5 Å². The van der Waals surface area contributed by atoms with E-state index in [-0.39, 0.29) is 5.91 Å². The standard InChI is InChI=1S/C19H16ClN5O/c1-12(26)25-11-13-4-2-5-14(8-13)22-18-17(20)10-21-19(24-18)23-15-6-3-7-16(25)9-15/h2-10H,11H2,1H3,(H2,21,22,23,24). The van der Waals surface area contributed by atoms with Crippen LogP contribution in [0.4, 0.5) is 28.8 Å². The van der Waals surface area contributed by atoms with Gasteiger partial charge in [0.15, 0.2) is 5.82 Å². The Balaban J connectivity index is 1.88. The summed E-state index contributed by atoms with van der Waals surface area (Å²) < 4.78 is 0. The van der Waals surface area contributed by atoms with Crippen molar-refractivity contribution in [1.29, 1.82) is 0 Å². The van der Waals surface area contributed by atoms with Crippen molar-refractivity contribution in [3.63, 3.8) is 0 Å². The second-order valence-electron chi connectivity index (χ2n) is 6.00. The van der Waals surface area contributed by atoms with Crippen LogP contribution >= 0.6 is 11.6 Å². The summed E-state index contributed by atoms with van der Waals surface area (Å²) in [6.07, 6.45) is 1.55. The maximum absolute atomic E-state index is 12.2. The highest BCUT2D eigenvalue weighted by atomic mass is 35.5. The molecule has 0 aliphatic carbocycles. The number of carbonyl (C=O) groups is 1. The highest BCUT2D eigenvalue weighted by molar-refractivity contribution is 6.32. The lowest BCUT2D eigenvalue weighted by Gasteiger charge is -2.22. The van der Waals surface area contributed by atoms with Crippen molar-refractivity contribution in [2.75, 3.05) is 15.5 Å². The second kappa shape index (κ2) is 6.65. The van der Waals surface area contributed by atoms with Gasteiger partial charge in [0.05, 0.1) is 12.7 Å². The highest BCUT2D eigenvalue weighted by Gasteiger charge is 2.15. The molecule has 1 aromatic heterocycles. The lowest BCUT2D eigenvalue weighted by atomic mass is 10.1. The molecule has 2 heterocycles. The number of anilines is 5. The van der Waals surface area contributed by atoms with Crippen LogP contribution in [0.5, 0.6) is 0 Å². The zero-order valence-corrected chi connectivity index (χ0v) is 14.8. The number of nitrogens with zero attached hydrogens (tertiary/aromatic N) is 3. The van der Waals surface area contributed by atoms with E-state index in [1.54, 1.807) is 18.0 Å². The number of amides is 1. The summed E-state index contributed by atoms with van der Waals surface area (Å²) in [7, 11) is 0. The van der Waals surface area contributed by atoms with Crippen LogP contribution in [0.25, 0.3) is 0 Å². The molecular formula is C19H16ClN5O. The summed E-state index contributed by atoms with van der Waals surface area (Å²) in [6.45, 7) is 2.03. The Morgan fingerprint density at radius 3 is 2.69 bits per heavy atom. The zero-order valence-electron chi connectivity index (χ0n) is 14.0. The van der Waals surface area contributed by atoms with Gasteiger partial charge in [0.2, 0.25) is 11.9 Å². The lowest BCUT2D eigenvalue weighted by molar-refractivity contribution is -0.116. The van der Waals surface area contributed by atoms with E-state index in [0.29, 0.717) is 23.3 Å². The number of hydrogen-bond donors (Lipinski definition) is 2. The molecule has 6 nitrogen and oxygen atoms in total. The fourth-order valence-electron chi connectivity index (χ4n) is 2.85. The van der Waals surface area contributed by atoms with Crippen LogP contribution in [0.2, 0.25) is 5.02 Å². The molecule has 130 valence electrons. The first-order chi connectivity index (χ1) is 12.6. The van der Waals surface area contributed by atoms with E-state index in [4.69, 9.17) is 11.6 Å². The third-order valence-corrected chi connectivity index (χ3v) is 4.35. The Hall–Kier alpha value is -3.12. The fourth-order valence-corrected chi connectivity index (χ4v) is 2.99. The summed E-state index contributed by atoms with van der Waals surface area (Å²) in [6, 6.07) is 15.4. The average Bonchev–Trinajstić information content (AvgIpc) is 2.62. The molecule has 2 N–H and O–H groups in total. The molecule has 4 rings (SSSR count). The van der Waals surface area contributed by atoms with Crippen molar-refractivity contribution in [2.24, 2.45) is 0 Å². The van der Waals surface area contributed by atoms with Crippen LogP contribution in [0.15, 0.2) is 54.7 Å². The van der Waals surface area contributed by atoms with E-state index < -0.39 is 0 Å².